The van der Waals surface area contributed by atoms with Gasteiger partial charge in [0.25, 0.3) is 0 Å². The van der Waals surface area contributed by atoms with E-state index in [1.807, 2.05) is 24.3 Å². The number of benzene rings is 1. The Hall–Kier alpha value is -1.72. The molecule has 1 aliphatic rings. The SMILES string of the molecule is CON1c2ccccc2C=NC1(C=O)OC. The van der Waals surface area contributed by atoms with Crippen molar-refractivity contribution in [3.05, 3.63) is 29.8 Å². The Morgan fingerprint density at radius 3 is 2.75 bits per heavy atom. The predicted octanol–water partition coefficient (Wildman–Crippen LogP) is 0.986. The largest absolute Gasteiger partial charge is 0.333 e. The summed E-state index contributed by atoms with van der Waals surface area (Å²) in [6.45, 7) is 0. The molecule has 2 rings (SSSR count). The number of nitrogens with zero attached hydrogens (tertiary/aromatic N) is 2. The fourth-order valence-electron chi connectivity index (χ4n) is 1.66. The van der Waals surface area contributed by atoms with Crippen molar-refractivity contribution < 1.29 is 14.4 Å². The van der Waals surface area contributed by atoms with E-state index in [2.05, 4.69) is 4.99 Å². The summed E-state index contributed by atoms with van der Waals surface area (Å²) in [4.78, 5) is 20.4. The van der Waals surface area contributed by atoms with E-state index in [1.165, 1.54) is 19.3 Å². The van der Waals surface area contributed by atoms with Gasteiger partial charge in [-0.1, -0.05) is 18.2 Å². The van der Waals surface area contributed by atoms with Crippen LogP contribution in [0, 0.1) is 0 Å². The number of methoxy groups -OCH3 is 1. The van der Waals surface area contributed by atoms with Crippen molar-refractivity contribution in [3.8, 4) is 0 Å². The van der Waals surface area contributed by atoms with Gasteiger partial charge in [-0.2, -0.15) is 5.06 Å². The van der Waals surface area contributed by atoms with E-state index in [4.69, 9.17) is 9.57 Å². The van der Waals surface area contributed by atoms with Crippen molar-refractivity contribution in [1.82, 2.24) is 0 Å². The summed E-state index contributed by atoms with van der Waals surface area (Å²) in [6.07, 6.45) is 2.20. The van der Waals surface area contributed by atoms with Crippen molar-refractivity contribution in [1.29, 1.82) is 0 Å². The number of aliphatic imine (C=N–C) groups is 1. The standard InChI is InChI=1S/C11H12N2O3/c1-15-11(8-14)12-7-9-5-3-4-6-10(9)13(11)16-2/h3-8H,1-2H3. The molecule has 1 aromatic carbocycles. The van der Waals surface area contributed by atoms with Crippen LogP contribution in [0.4, 0.5) is 5.69 Å². The quantitative estimate of drug-likeness (QED) is 0.713. The molecule has 0 N–H and O–H groups in total. The Morgan fingerprint density at radius 2 is 2.12 bits per heavy atom. The van der Waals surface area contributed by atoms with Gasteiger partial charge in [0.1, 0.15) is 0 Å². The minimum absolute atomic E-state index is 0.600. The van der Waals surface area contributed by atoms with Gasteiger partial charge in [0.05, 0.1) is 12.8 Å². The lowest BCUT2D eigenvalue weighted by Gasteiger charge is -2.37. The molecule has 84 valence electrons. The third-order valence-corrected chi connectivity index (χ3v) is 2.47. The molecule has 5 nitrogen and oxygen atoms in total. The van der Waals surface area contributed by atoms with E-state index in [-0.39, 0.29) is 0 Å². The molecule has 1 heterocycles. The molecule has 0 fully saturated rings. The molecular weight excluding hydrogens is 208 g/mol. The summed E-state index contributed by atoms with van der Waals surface area (Å²) >= 11 is 0. The summed E-state index contributed by atoms with van der Waals surface area (Å²) in [6, 6.07) is 7.46. The first-order valence-electron chi connectivity index (χ1n) is 4.77. The van der Waals surface area contributed by atoms with Crippen molar-refractivity contribution in [3.63, 3.8) is 0 Å². The van der Waals surface area contributed by atoms with E-state index < -0.39 is 5.85 Å². The summed E-state index contributed by atoms with van der Waals surface area (Å²) in [5, 5.41) is 1.34. The maximum Gasteiger partial charge on any atom is 0.320 e. The summed E-state index contributed by atoms with van der Waals surface area (Å²) in [5.74, 6) is -1.43. The second-order valence-corrected chi connectivity index (χ2v) is 3.27. The van der Waals surface area contributed by atoms with Crippen LogP contribution in [0.2, 0.25) is 0 Å². The van der Waals surface area contributed by atoms with Gasteiger partial charge in [0.2, 0.25) is 0 Å². The van der Waals surface area contributed by atoms with E-state index in [9.17, 15) is 4.79 Å². The number of carbonyl (C=O) groups excluding carboxylic acids is 1. The molecule has 0 spiro atoms. The minimum Gasteiger partial charge on any atom is -0.333 e. The van der Waals surface area contributed by atoms with Crippen LogP contribution in [-0.2, 0) is 14.4 Å². The predicted molar refractivity (Wildman–Crippen MR) is 59.3 cm³/mol. The third-order valence-electron chi connectivity index (χ3n) is 2.47. The molecule has 1 atom stereocenters. The number of ether oxygens (including phenoxy) is 1. The average Bonchev–Trinajstić information content (AvgIpc) is 2.37. The van der Waals surface area contributed by atoms with Crippen LogP contribution in [0.25, 0.3) is 0 Å². The van der Waals surface area contributed by atoms with E-state index in [1.54, 1.807) is 6.21 Å². The Kier molecular flexibility index (Phi) is 2.72. The van der Waals surface area contributed by atoms with Gasteiger partial charge in [0, 0.05) is 18.9 Å². The molecular formula is C11H12N2O3. The summed E-state index contributed by atoms with van der Waals surface area (Å²) in [5.41, 5.74) is 1.62. The monoisotopic (exact) mass is 220 g/mol. The highest BCUT2D eigenvalue weighted by atomic mass is 16.7. The van der Waals surface area contributed by atoms with Crippen molar-refractivity contribution in [2.45, 2.75) is 5.85 Å². The molecule has 0 saturated carbocycles. The number of para-hydroxylation sites is 1. The van der Waals surface area contributed by atoms with Crippen molar-refractivity contribution in [2.75, 3.05) is 19.3 Å². The second kappa shape index (κ2) is 4.03. The Bertz CT molecular complexity index is 433. The lowest BCUT2D eigenvalue weighted by molar-refractivity contribution is -0.137. The van der Waals surface area contributed by atoms with Gasteiger partial charge in [-0.05, 0) is 6.07 Å². The summed E-state index contributed by atoms with van der Waals surface area (Å²) in [7, 11) is 2.88. The molecule has 1 aromatic rings. The number of hydrogen-bond donors (Lipinski definition) is 0. The van der Waals surface area contributed by atoms with Gasteiger partial charge < -0.3 is 4.74 Å². The van der Waals surface area contributed by atoms with E-state index in [0.717, 1.165) is 11.3 Å². The highest BCUT2D eigenvalue weighted by molar-refractivity contribution is 5.93. The van der Waals surface area contributed by atoms with Gasteiger partial charge in [-0.25, -0.2) is 4.99 Å². The van der Waals surface area contributed by atoms with Crippen LogP contribution >= 0.6 is 0 Å². The lowest BCUT2D eigenvalue weighted by atomic mass is 10.1. The molecule has 1 unspecified atom stereocenters. The highest BCUT2D eigenvalue weighted by Gasteiger charge is 2.40. The molecule has 0 aromatic heterocycles. The number of hydroxylamine groups is 1. The number of rotatable bonds is 3. The average molecular weight is 220 g/mol. The smallest absolute Gasteiger partial charge is 0.320 e. The van der Waals surface area contributed by atoms with Gasteiger partial charge in [0.15, 0.2) is 6.29 Å². The van der Waals surface area contributed by atoms with Crippen LogP contribution in [0.15, 0.2) is 29.3 Å². The first-order chi connectivity index (χ1) is 7.77. The highest BCUT2D eigenvalue weighted by Crippen LogP contribution is 2.31. The number of anilines is 1. The molecule has 0 saturated heterocycles. The normalized spacial score (nSPS) is 23.0. The molecule has 5 heteroatoms. The number of aldehydes is 1. The summed E-state index contributed by atoms with van der Waals surface area (Å²) < 4.78 is 5.12. The molecule has 0 bridgehead atoms. The van der Waals surface area contributed by atoms with Gasteiger partial charge in [-0.3, -0.25) is 9.63 Å². The van der Waals surface area contributed by atoms with E-state index >= 15 is 0 Å². The zero-order valence-electron chi connectivity index (χ0n) is 9.08. The van der Waals surface area contributed by atoms with Crippen LogP contribution in [-0.4, -0.2) is 32.6 Å². The molecule has 0 radical (unpaired) electrons. The zero-order valence-corrected chi connectivity index (χ0v) is 9.08. The Morgan fingerprint density at radius 1 is 1.38 bits per heavy atom. The molecule has 0 aliphatic carbocycles. The lowest BCUT2D eigenvalue weighted by Crippen LogP contribution is -2.52. The van der Waals surface area contributed by atoms with Crippen molar-refractivity contribution >= 4 is 18.2 Å². The topological polar surface area (TPSA) is 51.1 Å². The Balaban J connectivity index is 2.55. The fraction of sp³-hybridized carbons (Fsp3) is 0.273. The van der Waals surface area contributed by atoms with Crippen LogP contribution < -0.4 is 5.06 Å². The molecule has 0 amide bonds. The molecule has 1 aliphatic heterocycles. The molecule has 16 heavy (non-hydrogen) atoms. The van der Waals surface area contributed by atoms with Crippen LogP contribution in [0.1, 0.15) is 5.56 Å². The van der Waals surface area contributed by atoms with Gasteiger partial charge >= 0.3 is 5.85 Å². The number of hydrogen-bond acceptors (Lipinski definition) is 5. The maximum absolute atomic E-state index is 11.1. The third kappa shape index (κ3) is 1.41. The number of fused-ring (bicyclic) bond motifs is 1. The van der Waals surface area contributed by atoms with Gasteiger partial charge in [-0.15, -0.1) is 0 Å². The first-order valence-corrected chi connectivity index (χ1v) is 4.77. The number of carbonyl (C=O) groups is 1. The van der Waals surface area contributed by atoms with Crippen molar-refractivity contribution in [2.24, 2.45) is 4.99 Å². The maximum atomic E-state index is 11.1. The van der Waals surface area contributed by atoms with E-state index in [0.29, 0.717) is 6.29 Å². The second-order valence-electron chi connectivity index (χ2n) is 3.27. The Labute approximate surface area is 93.2 Å². The first kappa shape index (κ1) is 10.8. The minimum atomic E-state index is -1.43. The van der Waals surface area contributed by atoms with Crippen LogP contribution in [0.5, 0.6) is 0 Å². The van der Waals surface area contributed by atoms with Crippen LogP contribution in [0.3, 0.4) is 0 Å². The zero-order chi connectivity index (χ0) is 11.6. The fourth-order valence-corrected chi connectivity index (χ4v) is 1.66.